The lowest BCUT2D eigenvalue weighted by atomic mass is 10.1. The molecule has 0 N–H and O–H groups in total. The van der Waals surface area contributed by atoms with Crippen LogP contribution < -0.4 is 14.2 Å². The van der Waals surface area contributed by atoms with Gasteiger partial charge in [0.25, 0.3) is 0 Å². The summed E-state index contributed by atoms with van der Waals surface area (Å²) < 4.78 is 32.0. The molecule has 0 radical (unpaired) electrons. The molecule has 12 heteroatoms. The van der Waals surface area contributed by atoms with Crippen molar-refractivity contribution in [3.05, 3.63) is 53.6 Å². The van der Waals surface area contributed by atoms with Gasteiger partial charge in [-0.25, -0.2) is 0 Å². The molecule has 2 aromatic rings. The lowest BCUT2D eigenvalue weighted by Crippen LogP contribution is -2.22. The molecule has 0 saturated heterocycles. The molecule has 0 heterocycles. The minimum Gasteiger partial charge on any atom is -0.462 e. The molecule has 0 unspecified atom stereocenters. The Morgan fingerprint density at radius 3 is 1.18 bits per heavy atom. The minimum absolute atomic E-state index is 0.0865. The Balaban J connectivity index is 2.16. The predicted octanol–water partition coefficient (Wildman–Crippen LogP) is 6.94. The molecule has 0 aliphatic carbocycles. The zero-order valence-electron chi connectivity index (χ0n) is 29.7. The highest BCUT2D eigenvalue weighted by Gasteiger charge is 2.19. The molecular formula is C38H48O12. The van der Waals surface area contributed by atoms with E-state index in [0.29, 0.717) is 30.6 Å². The van der Waals surface area contributed by atoms with Gasteiger partial charge in [-0.15, -0.1) is 0 Å². The Labute approximate surface area is 293 Å². The van der Waals surface area contributed by atoms with Gasteiger partial charge in [-0.2, -0.15) is 0 Å². The van der Waals surface area contributed by atoms with E-state index in [2.05, 4.69) is 0 Å². The van der Waals surface area contributed by atoms with Gasteiger partial charge in [-0.1, -0.05) is 45.1 Å². The average molecular weight is 697 g/mol. The van der Waals surface area contributed by atoms with Gasteiger partial charge in [-0.05, 0) is 75.4 Å². The van der Waals surface area contributed by atoms with E-state index < -0.39 is 48.2 Å². The maximum Gasteiger partial charge on any atom is 0.314 e. The number of hydrogen-bond donors (Lipinski definition) is 0. The highest BCUT2D eigenvalue weighted by molar-refractivity contribution is 5.78. The largest absolute Gasteiger partial charge is 0.462 e. The van der Waals surface area contributed by atoms with Crippen LogP contribution in [0.25, 0.3) is 12.2 Å². The van der Waals surface area contributed by atoms with Crippen LogP contribution in [-0.2, 0) is 43.0 Å². The summed E-state index contributed by atoms with van der Waals surface area (Å²) in [5, 5.41) is 0. The summed E-state index contributed by atoms with van der Waals surface area (Å²) in [5.74, 6) is -2.54. The maximum absolute atomic E-state index is 12.7. The van der Waals surface area contributed by atoms with Crippen molar-refractivity contribution in [1.29, 1.82) is 0 Å². The molecule has 0 aliphatic rings. The highest BCUT2D eigenvalue weighted by atomic mass is 16.6. The van der Waals surface area contributed by atoms with Gasteiger partial charge in [0.2, 0.25) is 0 Å². The highest BCUT2D eigenvalue weighted by Crippen LogP contribution is 2.26. The van der Waals surface area contributed by atoms with Gasteiger partial charge in [0.05, 0.1) is 19.3 Å². The molecule has 2 aromatic carbocycles. The first kappa shape index (κ1) is 41.2. The third kappa shape index (κ3) is 16.9. The van der Waals surface area contributed by atoms with Crippen LogP contribution in [0.3, 0.4) is 0 Å². The molecule has 272 valence electrons. The van der Waals surface area contributed by atoms with Crippen LogP contribution in [0, 0.1) is 0 Å². The molecule has 0 fully saturated rings. The van der Waals surface area contributed by atoms with E-state index in [0.717, 1.165) is 5.56 Å². The summed E-state index contributed by atoms with van der Waals surface area (Å²) >= 11 is 0. The van der Waals surface area contributed by atoms with Gasteiger partial charge in [-0.3, -0.25) is 28.8 Å². The molecular weight excluding hydrogens is 648 g/mol. The number of rotatable bonds is 20. The van der Waals surface area contributed by atoms with Crippen LogP contribution in [-0.4, -0.2) is 54.1 Å². The van der Waals surface area contributed by atoms with Crippen LogP contribution >= 0.6 is 0 Å². The molecule has 50 heavy (non-hydrogen) atoms. The molecule has 0 amide bonds. The molecule has 0 bridgehead atoms. The standard InChI is InChI=1S/C38H48O12/c1-7-10-33(39)45-25(4)19-36(42)48-30-17-15-28(16-18-30)13-14-29-22-31(49-37(43)20-26(5)46-34(40)11-8-2)24-32(23-29)50-38(44)21-27(6)47-35(41)12-9-3/h13-18,22-27H,7-12,19-21H2,1-6H3/b14-13+/t25-,26-,27-/m1/s1. The fourth-order valence-electron chi connectivity index (χ4n) is 4.46. The van der Waals surface area contributed by atoms with Crippen molar-refractivity contribution in [2.75, 3.05) is 0 Å². The summed E-state index contributed by atoms with van der Waals surface area (Å²) in [6, 6.07) is 11.2. The zero-order chi connectivity index (χ0) is 37.1. The summed E-state index contributed by atoms with van der Waals surface area (Å²) in [7, 11) is 0. The van der Waals surface area contributed by atoms with Crippen molar-refractivity contribution in [3.8, 4) is 17.2 Å². The predicted molar refractivity (Wildman–Crippen MR) is 184 cm³/mol. The van der Waals surface area contributed by atoms with Crippen LogP contribution in [0.4, 0.5) is 0 Å². The topological polar surface area (TPSA) is 158 Å². The van der Waals surface area contributed by atoms with Crippen molar-refractivity contribution >= 4 is 48.0 Å². The fraction of sp³-hybridized carbons (Fsp3) is 0.474. The number of ether oxygens (including phenoxy) is 6. The third-order valence-corrected chi connectivity index (χ3v) is 6.67. The molecule has 0 spiro atoms. The Hall–Kier alpha value is -5.00. The summed E-state index contributed by atoms with van der Waals surface area (Å²) in [6.07, 6.45) is 3.63. The van der Waals surface area contributed by atoms with E-state index in [1.807, 2.05) is 20.8 Å². The number of benzene rings is 2. The second-order valence-electron chi connectivity index (χ2n) is 11.8. The Morgan fingerprint density at radius 1 is 0.480 bits per heavy atom. The van der Waals surface area contributed by atoms with Gasteiger partial charge in [0.15, 0.2) is 0 Å². The van der Waals surface area contributed by atoms with Crippen LogP contribution in [0.15, 0.2) is 42.5 Å². The number of carbonyl (C=O) groups is 6. The minimum atomic E-state index is -0.701. The normalized spacial score (nSPS) is 12.7. The van der Waals surface area contributed by atoms with Gasteiger partial charge < -0.3 is 28.4 Å². The Morgan fingerprint density at radius 2 is 0.820 bits per heavy atom. The second-order valence-corrected chi connectivity index (χ2v) is 11.8. The quantitative estimate of drug-likeness (QED) is 0.0609. The van der Waals surface area contributed by atoms with Crippen molar-refractivity contribution in [2.45, 2.75) is 118 Å². The molecule has 0 aliphatic heterocycles. The van der Waals surface area contributed by atoms with Gasteiger partial charge in [0.1, 0.15) is 35.6 Å². The van der Waals surface area contributed by atoms with Gasteiger partial charge in [0, 0.05) is 25.3 Å². The first-order valence-corrected chi connectivity index (χ1v) is 16.9. The summed E-state index contributed by atoms with van der Waals surface area (Å²) in [4.78, 5) is 72.9. The van der Waals surface area contributed by atoms with Crippen LogP contribution in [0.5, 0.6) is 17.2 Å². The molecule has 0 saturated carbocycles. The molecule has 0 aromatic heterocycles. The van der Waals surface area contributed by atoms with E-state index >= 15 is 0 Å². The molecule has 3 atom stereocenters. The SMILES string of the molecule is CCCC(=O)O[C@H](C)CC(=O)Oc1ccc(/C=C/c2cc(OC(=O)C[C@@H](C)OC(=O)CCC)cc(OC(=O)C[C@@H](C)OC(=O)CCC)c2)cc1. The molecule has 12 nitrogen and oxygen atoms in total. The summed E-state index contributed by atoms with van der Waals surface area (Å²) in [5.41, 5.74) is 1.25. The monoisotopic (exact) mass is 696 g/mol. The summed E-state index contributed by atoms with van der Waals surface area (Å²) in [6.45, 7) is 10.4. The van der Waals surface area contributed by atoms with Crippen molar-refractivity contribution in [2.24, 2.45) is 0 Å². The van der Waals surface area contributed by atoms with E-state index in [-0.39, 0.29) is 56.0 Å². The van der Waals surface area contributed by atoms with E-state index in [4.69, 9.17) is 28.4 Å². The maximum atomic E-state index is 12.7. The number of carbonyl (C=O) groups excluding carboxylic acids is 6. The lowest BCUT2D eigenvalue weighted by molar-refractivity contribution is -0.153. The zero-order valence-corrected chi connectivity index (χ0v) is 29.7. The van der Waals surface area contributed by atoms with Gasteiger partial charge >= 0.3 is 35.8 Å². The van der Waals surface area contributed by atoms with Crippen LogP contribution in [0.2, 0.25) is 0 Å². The molecule has 2 rings (SSSR count). The number of esters is 6. The smallest absolute Gasteiger partial charge is 0.314 e. The Kier molecular flexibility index (Phi) is 18.0. The first-order valence-electron chi connectivity index (χ1n) is 16.9. The third-order valence-electron chi connectivity index (χ3n) is 6.67. The van der Waals surface area contributed by atoms with Crippen LogP contribution in [0.1, 0.15) is 110 Å². The lowest BCUT2D eigenvalue weighted by Gasteiger charge is -2.14. The Bertz CT molecular complexity index is 1420. The average Bonchev–Trinajstić information content (AvgIpc) is 3.00. The van der Waals surface area contributed by atoms with Crippen molar-refractivity contribution in [3.63, 3.8) is 0 Å². The second kappa shape index (κ2) is 21.9. The fourth-order valence-corrected chi connectivity index (χ4v) is 4.46. The number of hydrogen-bond acceptors (Lipinski definition) is 12. The van der Waals surface area contributed by atoms with Crippen molar-refractivity contribution < 1.29 is 57.2 Å². The first-order chi connectivity index (χ1) is 23.8. The van der Waals surface area contributed by atoms with E-state index in [1.165, 1.54) is 6.07 Å². The van der Waals surface area contributed by atoms with E-state index in [9.17, 15) is 28.8 Å². The van der Waals surface area contributed by atoms with E-state index in [1.54, 1.807) is 69.3 Å². The van der Waals surface area contributed by atoms with Crippen molar-refractivity contribution in [1.82, 2.24) is 0 Å².